The molecule has 0 saturated carbocycles. The summed E-state index contributed by atoms with van der Waals surface area (Å²) in [7, 11) is 0. The lowest BCUT2D eigenvalue weighted by Crippen LogP contribution is -2.61. The molecule has 0 spiro atoms. The molecule has 0 aromatic heterocycles. The molecule has 2 aromatic rings. The van der Waals surface area contributed by atoms with Gasteiger partial charge in [0.1, 0.15) is 42.2 Å². The second kappa shape index (κ2) is 19.7. The third-order valence-corrected chi connectivity index (χ3v) is 8.04. The summed E-state index contributed by atoms with van der Waals surface area (Å²) in [6, 6.07) is 11.7. The molecule has 8 unspecified atom stereocenters. The van der Waals surface area contributed by atoms with Gasteiger partial charge in [0.25, 0.3) is 0 Å². The average molecular weight is 717 g/mol. The number of rotatable bonds is 17. The number of nitrogens with two attached hydrogens (primary N) is 1. The van der Waals surface area contributed by atoms with Crippen LogP contribution in [0.5, 0.6) is 5.75 Å². The van der Waals surface area contributed by atoms with E-state index in [-0.39, 0.29) is 37.5 Å². The first-order valence-corrected chi connectivity index (χ1v) is 16.5. The number of ether oxygens (including phenoxy) is 1. The largest absolute Gasteiger partial charge is 0.508 e. The van der Waals surface area contributed by atoms with E-state index in [9.17, 15) is 49.5 Å². The molecular formula is C34H48N6O11. The summed E-state index contributed by atoms with van der Waals surface area (Å²) in [5.74, 6) is -3.37. The number of hydrogen-bond donors (Lipinski definition) is 11. The third kappa shape index (κ3) is 13.2. The Morgan fingerprint density at radius 3 is 1.98 bits per heavy atom. The Hall–Kier alpha value is -4.65. The highest BCUT2D eigenvalue weighted by Gasteiger charge is 2.43. The van der Waals surface area contributed by atoms with Crippen LogP contribution in [0.3, 0.4) is 0 Å². The van der Waals surface area contributed by atoms with Gasteiger partial charge in [0.15, 0.2) is 6.29 Å². The Kier molecular flexibility index (Phi) is 15.7. The lowest BCUT2D eigenvalue weighted by molar-refractivity contribution is -0.280. The molecule has 3 rings (SSSR count). The molecule has 51 heavy (non-hydrogen) atoms. The number of phenols is 1. The Morgan fingerprint density at radius 2 is 1.33 bits per heavy atom. The summed E-state index contributed by atoms with van der Waals surface area (Å²) in [6.45, 7) is 2.30. The number of phenolic OH excluding ortho intramolecular Hbond substituents is 1. The average Bonchev–Trinajstić information content (AvgIpc) is 3.10. The van der Waals surface area contributed by atoms with Gasteiger partial charge in [0.2, 0.25) is 29.5 Å². The summed E-state index contributed by atoms with van der Waals surface area (Å²) in [5, 5.41) is 61.6. The molecule has 2 aromatic carbocycles. The molecule has 8 atom stereocenters. The molecule has 12 N–H and O–H groups in total. The van der Waals surface area contributed by atoms with Crippen LogP contribution in [0.2, 0.25) is 0 Å². The van der Waals surface area contributed by atoms with Crippen molar-refractivity contribution in [3.63, 3.8) is 0 Å². The first kappa shape index (κ1) is 40.8. The standard InChI is InChI=1S/C34H48N6O11/c1-18(2)12-23(32(48)37-15-25-28(44)29(45)30(46)34(50)51-25)40-33(49)24(14-19-6-4-3-5-7-19)39-27(43)17-36-26(42)16-38-31(47)22(35)13-20-8-10-21(41)11-9-20/h3-11,18,22-25,28-30,34,41,44-46,50H,12-17,35H2,1-2H3,(H,36,42)(H,37,48)(H,38,47)(H,39,43)(H,40,49). The Morgan fingerprint density at radius 1 is 0.706 bits per heavy atom. The number of carbonyl (C=O) groups is 5. The fourth-order valence-corrected chi connectivity index (χ4v) is 5.22. The minimum absolute atomic E-state index is 0.0393. The molecule has 17 heteroatoms. The van der Waals surface area contributed by atoms with E-state index < -0.39 is 91.5 Å². The van der Waals surface area contributed by atoms with Crippen molar-refractivity contribution in [2.75, 3.05) is 19.6 Å². The van der Waals surface area contributed by atoms with E-state index >= 15 is 0 Å². The highest BCUT2D eigenvalue weighted by Crippen LogP contribution is 2.19. The van der Waals surface area contributed by atoms with Crippen molar-refractivity contribution in [1.82, 2.24) is 26.6 Å². The summed E-state index contributed by atoms with van der Waals surface area (Å²) >= 11 is 0. The zero-order valence-electron chi connectivity index (χ0n) is 28.4. The monoisotopic (exact) mass is 716 g/mol. The molecule has 1 aliphatic rings. The number of amides is 5. The zero-order chi connectivity index (χ0) is 37.7. The molecule has 1 aliphatic heterocycles. The summed E-state index contributed by atoms with van der Waals surface area (Å²) < 4.78 is 5.11. The number of aromatic hydroxyl groups is 1. The number of aliphatic hydroxyl groups is 4. The second-order valence-electron chi connectivity index (χ2n) is 12.8. The van der Waals surface area contributed by atoms with Crippen molar-refractivity contribution in [2.45, 2.75) is 81.9 Å². The van der Waals surface area contributed by atoms with Crippen LogP contribution in [-0.2, 0) is 41.6 Å². The molecule has 17 nitrogen and oxygen atoms in total. The van der Waals surface area contributed by atoms with Gasteiger partial charge in [-0.15, -0.1) is 0 Å². The zero-order valence-corrected chi connectivity index (χ0v) is 28.4. The minimum Gasteiger partial charge on any atom is -0.508 e. The van der Waals surface area contributed by atoms with Crippen molar-refractivity contribution in [1.29, 1.82) is 0 Å². The topological polar surface area (TPSA) is 282 Å². The number of aliphatic hydroxyl groups excluding tert-OH is 4. The van der Waals surface area contributed by atoms with Gasteiger partial charge in [0, 0.05) is 13.0 Å². The van der Waals surface area contributed by atoms with Crippen LogP contribution in [0, 0.1) is 5.92 Å². The number of hydrogen-bond acceptors (Lipinski definition) is 12. The fourth-order valence-electron chi connectivity index (χ4n) is 5.22. The number of benzene rings is 2. The highest BCUT2D eigenvalue weighted by molar-refractivity contribution is 5.94. The van der Waals surface area contributed by atoms with Crippen LogP contribution in [-0.4, -0.2) is 124 Å². The highest BCUT2D eigenvalue weighted by atomic mass is 16.6. The molecule has 0 aliphatic carbocycles. The van der Waals surface area contributed by atoms with E-state index in [4.69, 9.17) is 10.5 Å². The lowest BCUT2D eigenvalue weighted by atomic mass is 9.98. The Labute approximate surface area is 294 Å². The number of carbonyl (C=O) groups excluding carboxylic acids is 5. The Bertz CT molecular complexity index is 1460. The van der Waals surface area contributed by atoms with E-state index in [1.807, 2.05) is 13.8 Å². The molecular weight excluding hydrogens is 668 g/mol. The maximum absolute atomic E-state index is 13.6. The van der Waals surface area contributed by atoms with Crippen molar-refractivity contribution in [2.24, 2.45) is 11.7 Å². The minimum atomic E-state index is -1.79. The van der Waals surface area contributed by atoms with Crippen LogP contribution < -0.4 is 32.3 Å². The third-order valence-electron chi connectivity index (χ3n) is 8.04. The molecule has 1 fully saturated rings. The van der Waals surface area contributed by atoms with Crippen LogP contribution in [0.1, 0.15) is 31.4 Å². The normalized spacial score (nSPS) is 21.8. The molecule has 280 valence electrons. The van der Waals surface area contributed by atoms with E-state index in [0.717, 1.165) is 0 Å². The first-order chi connectivity index (χ1) is 24.1. The van der Waals surface area contributed by atoms with Gasteiger partial charge in [-0.3, -0.25) is 24.0 Å². The summed E-state index contributed by atoms with van der Waals surface area (Å²) in [6.07, 6.45) is -7.72. The Balaban J connectivity index is 1.57. The molecule has 0 radical (unpaired) electrons. The van der Waals surface area contributed by atoms with Crippen LogP contribution in [0.4, 0.5) is 0 Å². The second-order valence-corrected chi connectivity index (χ2v) is 12.8. The maximum Gasteiger partial charge on any atom is 0.243 e. The van der Waals surface area contributed by atoms with Crippen molar-refractivity contribution in [3.05, 3.63) is 65.7 Å². The molecule has 0 bridgehead atoms. The van der Waals surface area contributed by atoms with Gasteiger partial charge >= 0.3 is 0 Å². The van der Waals surface area contributed by atoms with Gasteiger partial charge < -0.3 is 62.6 Å². The van der Waals surface area contributed by atoms with Gasteiger partial charge in [-0.05, 0) is 42.0 Å². The number of nitrogens with one attached hydrogen (secondary N) is 5. The first-order valence-electron chi connectivity index (χ1n) is 16.5. The van der Waals surface area contributed by atoms with Crippen molar-refractivity contribution >= 4 is 29.5 Å². The predicted octanol–water partition coefficient (Wildman–Crippen LogP) is -3.33. The predicted molar refractivity (Wildman–Crippen MR) is 181 cm³/mol. The van der Waals surface area contributed by atoms with Crippen LogP contribution in [0.15, 0.2) is 54.6 Å². The summed E-state index contributed by atoms with van der Waals surface area (Å²) in [4.78, 5) is 64.4. The van der Waals surface area contributed by atoms with Gasteiger partial charge in [-0.2, -0.15) is 0 Å². The summed E-state index contributed by atoms with van der Waals surface area (Å²) in [5.41, 5.74) is 7.32. The quantitative estimate of drug-likeness (QED) is 0.0767. The van der Waals surface area contributed by atoms with E-state index in [1.165, 1.54) is 12.1 Å². The van der Waals surface area contributed by atoms with E-state index in [1.54, 1.807) is 42.5 Å². The molecule has 1 saturated heterocycles. The van der Waals surface area contributed by atoms with E-state index in [0.29, 0.717) is 11.1 Å². The lowest BCUT2D eigenvalue weighted by Gasteiger charge is -2.38. The smallest absolute Gasteiger partial charge is 0.243 e. The van der Waals surface area contributed by atoms with Crippen LogP contribution in [0.25, 0.3) is 0 Å². The molecule has 1 heterocycles. The van der Waals surface area contributed by atoms with Gasteiger partial charge in [-0.25, -0.2) is 0 Å². The van der Waals surface area contributed by atoms with Gasteiger partial charge in [0.05, 0.1) is 19.1 Å². The van der Waals surface area contributed by atoms with Crippen LogP contribution >= 0.6 is 0 Å². The molecule has 5 amide bonds. The van der Waals surface area contributed by atoms with Crippen molar-refractivity contribution in [3.8, 4) is 5.75 Å². The SMILES string of the molecule is CC(C)CC(NC(=O)C(Cc1ccccc1)NC(=O)CNC(=O)CNC(=O)C(N)Cc1ccc(O)cc1)C(=O)NCC1OC(O)C(O)C(O)C1O. The van der Waals surface area contributed by atoms with Gasteiger partial charge in [-0.1, -0.05) is 56.3 Å². The maximum atomic E-state index is 13.6. The van der Waals surface area contributed by atoms with Crippen molar-refractivity contribution < 1.29 is 54.2 Å². The van der Waals surface area contributed by atoms with E-state index in [2.05, 4.69) is 26.6 Å². The fraction of sp³-hybridized carbons (Fsp3) is 0.500.